The molecule has 1 saturated heterocycles. The van der Waals surface area contributed by atoms with E-state index in [0.29, 0.717) is 11.9 Å². The van der Waals surface area contributed by atoms with Gasteiger partial charge in [0.05, 0.1) is 11.0 Å². The molecule has 1 aliphatic heterocycles. The molecular formula is C16H24N4. The van der Waals surface area contributed by atoms with E-state index in [9.17, 15) is 0 Å². The predicted octanol–water partition coefficient (Wildman–Crippen LogP) is 2.66. The highest BCUT2D eigenvalue weighted by Gasteiger charge is 2.17. The molecule has 1 aromatic carbocycles. The van der Waals surface area contributed by atoms with Gasteiger partial charge in [0.15, 0.2) is 0 Å². The first-order valence-corrected chi connectivity index (χ1v) is 7.58. The van der Waals surface area contributed by atoms with E-state index in [4.69, 9.17) is 5.73 Å². The first-order valence-electron chi connectivity index (χ1n) is 7.58. The lowest BCUT2D eigenvalue weighted by molar-refractivity contribution is 0.273. The summed E-state index contributed by atoms with van der Waals surface area (Å²) in [6.07, 6.45) is 2.70. The molecule has 4 nitrogen and oxygen atoms in total. The van der Waals surface area contributed by atoms with E-state index >= 15 is 0 Å². The van der Waals surface area contributed by atoms with Crippen LogP contribution in [0.3, 0.4) is 0 Å². The van der Waals surface area contributed by atoms with Crippen molar-refractivity contribution in [2.45, 2.75) is 33.2 Å². The summed E-state index contributed by atoms with van der Waals surface area (Å²) in [5.74, 6) is 1.23. The van der Waals surface area contributed by atoms with Crippen molar-refractivity contribution >= 4 is 17.0 Å². The molecule has 0 amide bonds. The SMILES string of the molecule is Cc1ccc2nc(N)n(CC(C)CN3CCCC3)c2c1. The van der Waals surface area contributed by atoms with Crippen LogP contribution in [-0.4, -0.2) is 34.1 Å². The predicted molar refractivity (Wildman–Crippen MR) is 83.7 cm³/mol. The van der Waals surface area contributed by atoms with Gasteiger partial charge < -0.3 is 15.2 Å². The Balaban J connectivity index is 1.78. The molecule has 1 unspecified atom stereocenters. The monoisotopic (exact) mass is 272 g/mol. The minimum atomic E-state index is 0.591. The molecule has 108 valence electrons. The summed E-state index contributed by atoms with van der Waals surface area (Å²) in [6.45, 7) is 9.03. The quantitative estimate of drug-likeness (QED) is 0.931. The van der Waals surface area contributed by atoms with E-state index in [-0.39, 0.29) is 0 Å². The van der Waals surface area contributed by atoms with E-state index < -0.39 is 0 Å². The minimum absolute atomic E-state index is 0.591. The molecule has 0 bridgehead atoms. The first-order chi connectivity index (χ1) is 9.63. The van der Waals surface area contributed by atoms with Gasteiger partial charge in [0.25, 0.3) is 0 Å². The molecule has 2 heterocycles. The van der Waals surface area contributed by atoms with Crippen LogP contribution in [0, 0.1) is 12.8 Å². The fourth-order valence-corrected chi connectivity index (χ4v) is 3.22. The topological polar surface area (TPSA) is 47.1 Å². The Morgan fingerprint density at radius 1 is 1.25 bits per heavy atom. The summed E-state index contributed by atoms with van der Waals surface area (Å²) in [6, 6.07) is 6.33. The second kappa shape index (κ2) is 5.44. The fraction of sp³-hybridized carbons (Fsp3) is 0.562. The lowest BCUT2D eigenvalue weighted by Crippen LogP contribution is -2.27. The number of nitrogens with zero attached hydrogens (tertiary/aromatic N) is 3. The largest absolute Gasteiger partial charge is 0.369 e. The van der Waals surface area contributed by atoms with Crippen LogP contribution in [0.2, 0.25) is 0 Å². The van der Waals surface area contributed by atoms with Crippen LogP contribution in [0.1, 0.15) is 25.3 Å². The maximum absolute atomic E-state index is 6.10. The number of anilines is 1. The average molecular weight is 272 g/mol. The standard InChI is InChI=1S/C16H24N4/c1-12-5-6-14-15(9-12)20(16(17)18-14)11-13(2)10-19-7-3-4-8-19/h5-6,9,13H,3-4,7-8,10-11H2,1-2H3,(H2,17,18). The molecule has 2 aromatic rings. The van der Waals surface area contributed by atoms with Crippen LogP contribution in [-0.2, 0) is 6.54 Å². The molecular weight excluding hydrogens is 248 g/mol. The van der Waals surface area contributed by atoms with Crippen molar-refractivity contribution in [3.05, 3.63) is 23.8 Å². The third kappa shape index (κ3) is 2.66. The van der Waals surface area contributed by atoms with E-state index in [1.165, 1.54) is 31.5 Å². The van der Waals surface area contributed by atoms with Crippen molar-refractivity contribution in [3.8, 4) is 0 Å². The van der Waals surface area contributed by atoms with Crippen molar-refractivity contribution in [2.75, 3.05) is 25.4 Å². The fourth-order valence-electron chi connectivity index (χ4n) is 3.22. The highest BCUT2D eigenvalue weighted by atomic mass is 15.2. The average Bonchev–Trinajstić information content (AvgIpc) is 3.00. The number of benzene rings is 1. The van der Waals surface area contributed by atoms with E-state index in [1.807, 2.05) is 0 Å². The molecule has 3 rings (SSSR count). The molecule has 0 saturated carbocycles. The summed E-state index contributed by atoms with van der Waals surface area (Å²) in [4.78, 5) is 7.03. The first kappa shape index (κ1) is 13.4. The molecule has 0 spiro atoms. The lowest BCUT2D eigenvalue weighted by atomic mass is 10.1. The summed E-state index contributed by atoms with van der Waals surface area (Å²) in [5, 5.41) is 0. The van der Waals surface area contributed by atoms with Crippen LogP contribution in [0.15, 0.2) is 18.2 Å². The van der Waals surface area contributed by atoms with Crippen molar-refractivity contribution in [1.82, 2.24) is 14.5 Å². The van der Waals surface area contributed by atoms with Gasteiger partial charge in [-0.1, -0.05) is 13.0 Å². The van der Waals surface area contributed by atoms with E-state index in [1.54, 1.807) is 0 Å². The Labute approximate surface area is 120 Å². The van der Waals surface area contributed by atoms with Gasteiger partial charge in [0.2, 0.25) is 5.95 Å². The molecule has 2 N–H and O–H groups in total. The third-order valence-electron chi connectivity index (χ3n) is 4.20. The summed E-state index contributed by atoms with van der Waals surface area (Å²) >= 11 is 0. The van der Waals surface area contributed by atoms with Crippen LogP contribution in [0.4, 0.5) is 5.95 Å². The zero-order chi connectivity index (χ0) is 14.1. The van der Waals surface area contributed by atoms with Gasteiger partial charge in [0.1, 0.15) is 0 Å². The summed E-state index contributed by atoms with van der Waals surface area (Å²) in [5.41, 5.74) is 9.52. The molecule has 1 fully saturated rings. The van der Waals surface area contributed by atoms with Crippen molar-refractivity contribution in [3.63, 3.8) is 0 Å². The highest BCUT2D eigenvalue weighted by molar-refractivity contribution is 5.79. The maximum Gasteiger partial charge on any atom is 0.201 e. The van der Waals surface area contributed by atoms with Crippen molar-refractivity contribution < 1.29 is 0 Å². The number of rotatable bonds is 4. The second-order valence-electron chi connectivity index (χ2n) is 6.19. The number of imidazole rings is 1. The highest BCUT2D eigenvalue weighted by Crippen LogP contribution is 2.21. The van der Waals surface area contributed by atoms with Crippen LogP contribution in [0.25, 0.3) is 11.0 Å². The molecule has 4 heteroatoms. The number of hydrogen-bond donors (Lipinski definition) is 1. The van der Waals surface area contributed by atoms with E-state index in [2.05, 4.69) is 46.5 Å². The smallest absolute Gasteiger partial charge is 0.201 e. The second-order valence-corrected chi connectivity index (χ2v) is 6.19. The number of hydrogen-bond acceptors (Lipinski definition) is 3. The Morgan fingerprint density at radius 2 is 2.00 bits per heavy atom. The normalized spacial score (nSPS) is 17.9. The van der Waals surface area contributed by atoms with Gasteiger partial charge >= 0.3 is 0 Å². The zero-order valence-electron chi connectivity index (χ0n) is 12.5. The Bertz CT molecular complexity index is 596. The maximum atomic E-state index is 6.10. The minimum Gasteiger partial charge on any atom is -0.369 e. The third-order valence-corrected chi connectivity index (χ3v) is 4.20. The van der Waals surface area contributed by atoms with Gasteiger partial charge in [-0.2, -0.15) is 0 Å². The lowest BCUT2D eigenvalue weighted by Gasteiger charge is -2.21. The van der Waals surface area contributed by atoms with Crippen LogP contribution < -0.4 is 5.73 Å². The number of fused-ring (bicyclic) bond motifs is 1. The summed E-state index contributed by atoms with van der Waals surface area (Å²) < 4.78 is 2.17. The van der Waals surface area contributed by atoms with Crippen LogP contribution in [0.5, 0.6) is 0 Å². The van der Waals surface area contributed by atoms with Gasteiger partial charge in [-0.25, -0.2) is 4.98 Å². The molecule has 0 aliphatic carbocycles. The summed E-state index contributed by atoms with van der Waals surface area (Å²) in [7, 11) is 0. The number of aromatic nitrogens is 2. The molecule has 1 atom stereocenters. The van der Waals surface area contributed by atoms with Gasteiger partial charge in [-0.15, -0.1) is 0 Å². The number of aryl methyl sites for hydroxylation is 1. The van der Waals surface area contributed by atoms with Gasteiger partial charge in [0, 0.05) is 13.1 Å². The van der Waals surface area contributed by atoms with Crippen LogP contribution >= 0.6 is 0 Å². The molecule has 1 aliphatic rings. The Kier molecular flexibility index (Phi) is 3.66. The van der Waals surface area contributed by atoms with Crippen molar-refractivity contribution in [2.24, 2.45) is 5.92 Å². The van der Waals surface area contributed by atoms with E-state index in [0.717, 1.165) is 24.1 Å². The zero-order valence-corrected chi connectivity index (χ0v) is 12.5. The molecule has 1 aromatic heterocycles. The number of likely N-dealkylation sites (tertiary alicyclic amines) is 1. The Hall–Kier alpha value is -1.55. The molecule has 0 radical (unpaired) electrons. The Morgan fingerprint density at radius 3 is 2.75 bits per heavy atom. The van der Waals surface area contributed by atoms with Gasteiger partial charge in [-0.3, -0.25) is 0 Å². The molecule has 20 heavy (non-hydrogen) atoms. The van der Waals surface area contributed by atoms with Crippen molar-refractivity contribution in [1.29, 1.82) is 0 Å². The van der Waals surface area contributed by atoms with Gasteiger partial charge in [-0.05, 0) is 56.5 Å². The number of nitrogen functional groups attached to an aromatic ring is 1. The number of nitrogens with two attached hydrogens (primary N) is 1.